The minimum atomic E-state index is -3.22. The van der Waals surface area contributed by atoms with Gasteiger partial charge in [0.05, 0.1) is 34.1 Å². The second-order valence-electron chi connectivity index (χ2n) is 20.2. The lowest BCUT2D eigenvalue weighted by atomic mass is 10.1. The number of carbonyl (C=O) groups is 2. The Morgan fingerprint density at radius 2 is 1.00 bits per heavy atom. The first kappa shape index (κ1) is 71.3. The van der Waals surface area contributed by atoms with Gasteiger partial charge in [-0.25, -0.2) is 24.9 Å². The number of fused-ring (bicyclic) bond motifs is 3. The van der Waals surface area contributed by atoms with Gasteiger partial charge in [-0.1, -0.05) is 181 Å². The smallest absolute Gasteiger partial charge is 0.339 e. The number of aryl methyl sites for hydroxylation is 4. The number of nitrogens with two attached hydrogens (primary N) is 1. The summed E-state index contributed by atoms with van der Waals surface area (Å²) in [5.41, 5.74) is 16.9. The van der Waals surface area contributed by atoms with Gasteiger partial charge in [-0.05, 0) is 153 Å². The zero-order valence-electron chi connectivity index (χ0n) is 51.8. The molecule has 0 fully saturated rings. The number of rotatable bonds is 9. The van der Waals surface area contributed by atoms with Crippen LogP contribution in [0, 0.1) is 27.7 Å². The maximum atomic E-state index is 12.1. The lowest BCUT2D eigenvalue weighted by molar-refractivity contribution is -0.141. The van der Waals surface area contributed by atoms with E-state index in [1.165, 1.54) is 0 Å². The first-order chi connectivity index (χ1) is 45.2. The molecule has 0 aliphatic heterocycles. The van der Waals surface area contributed by atoms with E-state index in [1.54, 1.807) is 53.8 Å². The quantitative estimate of drug-likeness (QED) is 0.0596. The van der Waals surface area contributed by atoms with E-state index in [4.69, 9.17) is 22.1 Å². The van der Waals surface area contributed by atoms with Crippen molar-refractivity contribution in [2.75, 3.05) is 12.3 Å². The molecular weight excluding hydrogens is 1290 g/mol. The van der Waals surface area contributed by atoms with Crippen LogP contribution in [0.1, 0.15) is 46.5 Å². The number of nitrogens with one attached hydrogen (secondary N) is 1. The zero-order chi connectivity index (χ0) is 67.4. The van der Waals surface area contributed by atoms with E-state index in [9.17, 15) is 23.7 Å². The predicted octanol–water partition coefficient (Wildman–Crippen LogP) is 18.9. The standard InChI is InChI=1S/C15H11ClN2.2C15H12N2O.C12H10O.C11H12O3.C6H8N2.Cl3OP/c1-10-7-8-12-13(16)9-14(18-15(12)17-10)11-5-3-2-4-6-11;1-11-6-5-9-14-16-13(10-15(18)17(11)14)12-7-3-2-4-8-12;1-10-7-8-12-14(18)9-13(17-15(12)16-10)11-5-3-2-4-6-11;1-3-7-11(8-4-1)13-12-9-5-2-6-10-12;1-2-14-11(13)8-10(12)9-6-4-3-5-7-9;1-5-3-2-4-6(7)8-5;1-5(2,3)4/h2-9H,1H3;2-10H,1H3;2-9H,1H3,(H,16,17,18);1-10H;3-7H,2,8H2,1H3;2-4H,1H3,(H2,7,8);. The molecule has 0 aliphatic rings. The number of anilines is 1. The van der Waals surface area contributed by atoms with E-state index in [2.05, 4.69) is 68.4 Å². The van der Waals surface area contributed by atoms with Gasteiger partial charge < -0.3 is 20.2 Å². The summed E-state index contributed by atoms with van der Waals surface area (Å²) < 4.78 is 21.4. The van der Waals surface area contributed by atoms with Crippen LogP contribution in [0.3, 0.4) is 0 Å². The van der Waals surface area contributed by atoms with Crippen LogP contribution in [0.2, 0.25) is 5.02 Å². The van der Waals surface area contributed by atoms with E-state index >= 15 is 0 Å². The lowest BCUT2D eigenvalue weighted by Crippen LogP contribution is -2.16. The minimum Gasteiger partial charge on any atom is -0.466 e. The summed E-state index contributed by atoms with van der Waals surface area (Å²) in [7, 11) is 0. The molecule has 13 rings (SSSR count). The Hall–Kier alpha value is -10.1. The summed E-state index contributed by atoms with van der Waals surface area (Å²) in [4.78, 5) is 71.6. The number of carbonyl (C=O) groups excluding carboxylic acids is 2. The Balaban J connectivity index is 0.000000159. The number of hydrogen-bond donors (Lipinski definition) is 2. The van der Waals surface area contributed by atoms with Crippen LogP contribution in [0.25, 0.3) is 61.5 Å². The van der Waals surface area contributed by atoms with E-state index in [0.29, 0.717) is 51.0 Å². The molecule has 15 nitrogen and oxygen atoms in total. The first-order valence-corrected chi connectivity index (χ1v) is 34.0. The third kappa shape index (κ3) is 23.5. The Bertz CT molecular complexity index is 4640. The molecular formula is C74H65Cl4N8O7P. The number of aromatic amines is 1. The fourth-order valence-electron chi connectivity index (χ4n) is 8.73. The molecule has 0 saturated carbocycles. The van der Waals surface area contributed by atoms with Crippen molar-refractivity contribution >= 4 is 95.8 Å². The van der Waals surface area contributed by atoms with Crippen LogP contribution in [0.4, 0.5) is 5.82 Å². The summed E-state index contributed by atoms with van der Waals surface area (Å²) in [5.74, 6) is 1.65. The Kier molecular flexibility index (Phi) is 27.5. The maximum absolute atomic E-state index is 12.1. The van der Waals surface area contributed by atoms with Gasteiger partial charge >= 0.3 is 11.2 Å². The van der Waals surface area contributed by atoms with Crippen molar-refractivity contribution in [1.29, 1.82) is 0 Å². The van der Waals surface area contributed by atoms with Gasteiger partial charge in [0, 0.05) is 57.0 Å². The van der Waals surface area contributed by atoms with Crippen LogP contribution < -0.4 is 21.5 Å². The Labute approximate surface area is 563 Å². The Morgan fingerprint density at radius 1 is 0.521 bits per heavy atom. The molecule has 7 heterocycles. The molecule has 0 unspecified atom stereocenters. The molecule has 3 N–H and O–H groups in total. The van der Waals surface area contributed by atoms with E-state index in [1.807, 2.05) is 246 Å². The highest BCUT2D eigenvalue weighted by Gasteiger charge is 2.13. The molecule has 7 aromatic heterocycles. The van der Waals surface area contributed by atoms with Gasteiger partial charge in [-0.15, -0.1) is 0 Å². The van der Waals surface area contributed by atoms with Gasteiger partial charge in [0.1, 0.15) is 35.0 Å². The average Bonchev–Trinajstić information content (AvgIpc) is 0.825. The van der Waals surface area contributed by atoms with Gasteiger partial charge in [-0.3, -0.25) is 28.1 Å². The average molecular weight is 1350 g/mol. The highest BCUT2D eigenvalue weighted by atomic mass is 36.0. The monoisotopic (exact) mass is 1350 g/mol. The fourth-order valence-corrected chi connectivity index (χ4v) is 8.98. The van der Waals surface area contributed by atoms with E-state index < -0.39 is 11.2 Å². The van der Waals surface area contributed by atoms with Gasteiger partial charge in [0.25, 0.3) is 5.56 Å². The van der Waals surface area contributed by atoms with Gasteiger partial charge in [0.15, 0.2) is 16.9 Å². The van der Waals surface area contributed by atoms with Crippen molar-refractivity contribution in [2.45, 2.75) is 41.0 Å². The molecule has 476 valence electrons. The number of esters is 1. The van der Waals surface area contributed by atoms with Crippen LogP contribution in [0.15, 0.2) is 270 Å². The van der Waals surface area contributed by atoms with E-state index in [-0.39, 0.29) is 23.2 Å². The molecule has 0 atom stereocenters. The molecule has 0 spiro atoms. The third-order valence-electron chi connectivity index (χ3n) is 13.0. The van der Waals surface area contributed by atoms with Crippen LogP contribution >= 0.6 is 50.5 Å². The minimum absolute atomic E-state index is 0.00453. The number of nitrogens with zero attached hydrogens (tertiary/aromatic N) is 6. The largest absolute Gasteiger partial charge is 0.466 e. The lowest BCUT2D eigenvalue weighted by Gasteiger charge is -2.06. The number of ketones is 1. The topological polar surface area (TPSA) is 214 Å². The number of pyridine rings is 6. The molecule has 0 amide bonds. The molecule has 20 heteroatoms. The summed E-state index contributed by atoms with van der Waals surface area (Å²) >= 11 is 20.1. The van der Waals surface area contributed by atoms with Crippen molar-refractivity contribution in [3.63, 3.8) is 0 Å². The summed E-state index contributed by atoms with van der Waals surface area (Å²) in [5, 5.41) is -1.02. The number of H-pyrrole nitrogens is 1. The van der Waals surface area contributed by atoms with Crippen molar-refractivity contribution in [3.8, 4) is 45.3 Å². The van der Waals surface area contributed by atoms with Crippen molar-refractivity contribution in [3.05, 3.63) is 315 Å². The first-order valence-electron chi connectivity index (χ1n) is 29.2. The summed E-state index contributed by atoms with van der Waals surface area (Å²) in [6, 6.07) is 81.6. The molecule has 0 aliphatic carbocycles. The number of nitrogen functional groups attached to an aromatic ring is 1. The maximum Gasteiger partial charge on any atom is 0.339 e. The highest BCUT2D eigenvalue weighted by Crippen LogP contribution is 2.61. The number of para-hydroxylation sites is 2. The van der Waals surface area contributed by atoms with Crippen molar-refractivity contribution < 1.29 is 23.6 Å². The highest BCUT2D eigenvalue weighted by molar-refractivity contribution is 8.24. The molecule has 6 aromatic carbocycles. The van der Waals surface area contributed by atoms with E-state index in [0.717, 1.165) is 67.7 Å². The molecule has 0 saturated heterocycles. The number of benzene rings is 6. The van der Waals surface area contributed by atoms with Crippen LogP contribution in [0.5, 0.6) is 11.5 Å². The fraction of sp³-hybridized carbons (Fsp3) is 0.0946. The zero-order valence-corrected chi connectivity index (χ0v) is 55.7. The second-order valence-corrected chi connectivity index (χ2v) is 27.3. The summed E-state index contributed by atoms with van der Waals surface area (Å²) in [6.45, 7) is 9.69. The molecule has 94 heavy (non-hydrogen) atoms. The van der Waals surface area contributed by atoms with Gasteiger partial charge in [-0.2, -0.15) is 0 Å². The number of Topliss-reactive ketones (excluding diaryl/α,β-unsaturated/α-hetero) is 1. The van der Waals surface area contributed by atoms with Crippen molar-refractivity contribution in [1.82, 2.24) is 34.3 Å². The molecule has 0 radical (unpaired) electrons. The second kappa shape index (κ2) is 36.2. The van der Waals surface area contributed by atoms with Crippen molar-refractivity contribution in [2.24, 2.45) is 0 Å². The molecule has 13 aromatic rings. The third-order valence-corrected chi connectivity index (χ3v) is 13.3. The number of aromatic nitrogens is 7. The van der Waals surface area contributed by atoms with Crippen LogP contribution in [-0.2, 0) is 14.1 Å². The van der Waals surface area contributed by atoms with Crippen LogP contribution in [-0.4, -0.2) is 52.7 Å². The SMILES string of the molecule is CCOC(=O)CC(=O)c1ccccc1.Cc1ccc2c(=O)cc(-c3ccccc3)[nH]c2n1.Cc1ccc2c(Cl)cc(-c3ccccc3)nc2n1.Cc1cccc(N)n1.Cc1cccc2nc(-c3ccccc3)cc(=O)n12.O=P(Cl)(Cl)Cl.c1ccc(Oc2ccccc2)cc1. The number of halogens is 4. The number of ether oxygens (including phenoxy) is 2. The normalized spacial score (nSPS) is 10.3. The molecule has 0 bridgehead atoms. The predicted molar refractivity (Wildman–Crippen MR) is 382 cm³/mol. The van der Waals surface area contributed by atoms with Gasteiger partial charge in [0.2, 0.25) is 0 Å². The number of hydrogen-bond acceptors (Lipinski definition) is 13. The Morgan fingerprint density at radius 3 is 1.52 bits per heavy atom. The summed E-state index contributed by atoms with van der Waals surface area (Å²) in [6.07, 6.45) is -0.183.